The molecule has 3 N–H and O–H groups in total. The summed E-state index contributed by atoms with van der Waals surface area (Å²) in [7, 11) is -2.28. The number of sulfonamides is 1. The number of imide groups is 1. The van der Waals surface area contributed by atoms with Crippen LogP contribution < -0.4 is 10.5 Å². The van der Waals surface area contributed by atoms with Gasteiger partial charge in [-0.1, -0.05) is 6.92 Å². The Morgan fingerprint density at radius 1 is 1.50 bits per heavy atom. The zero-order valence-corrected chi connectivity index (χ0v) is 11.4. The van der Waals surface area contributed by atoms with Gasteiger partial charge in [0.15, 0.2) is 0 Å². The molecule has 1 heterocycles. The minimum Gasteiger partial charge on any atom is -0.329 e. The highest BCUT2D eigenvalue weighted by Gasteiger charge is 2.36. The molecule has 2 amide bonds. The quantitative estimate of drug-likeness (QED) is 0.613. The number of hydrogen-bond acceptors (Lipinski definition) is 5. The largest absolute Gasteiger partial charge is 0.329 e. The van der Waals surface area contributed by atoms with E-state index < -0.39 is 27.2 Å². The Bertz CT molecular complexity index is 430. The summed E-state index contributed by atoms with van der Waals surface area (Å²) in [6.45, 7) is 1.72. The predicted octanol–water partition coefficient (Wildman–Crippen LogP) is -1.21. The van der Waals surface area contributed by atoms with Crippen LogP contribution in [0.5, 0.6) is 0 Å². The van der Waals surface area contributed by atoms with E-state index in [1.54, 1.807) is 6.92 Å². The molecule has 2 unspecified atom stereocenters. The lowest BCUT2D eigenvalue weighted by Crippen LogP contribution is -2.54. The van der Waals surface area contributed by atoms with Gasteiger partial charge in [-0.05, 0) is 12.8 Å². The van der Waals surface area contributed by atoms with Gasteiger partial charge in [0.2, 0.25) is 21.8 Å². The monoisotopic (exact) mass is 277 g/mol. The number of rotatable bonds is 5. The van der Waals surface area contributed by atoms with E-state index in [4.69, 9.17) is 5.73 Å². The van der Waals surface area contributed by atoms with Crippen LogP contribution >= 0.6 is 0 Å². The van der Waals surface area contributed by atoms with Crippen molar-refractivity contribution in [1.29, 1.82) is 0 Å². The van der Waals surface area contributed by atoms with Gasteiger partial charge in [0, 0.05) is 20.0 Å². The second kappa shape index (κ2) is 5.77. The van der Waals surface area contributed by atoms with Gasteiger partial charge in [0.05, 0.1) is 5.25 Å². The number of nitrogens with zero attached hydrogens (tertiary/aromatic N) is 1. The molecule has 1 aliphatic heterocycles. The molecule has 0 saturated carbocycles. The van der Waals surface area contributed by atoms with Crippen molar-refractivity contribution < 1.29 is 18.0 Å². The first kappa shape index (κ1) is 15.1. The molecule has 1 rings (SSSR count). The minimum absolute atomic E-state index is 0.00150. The standard InChI is InChI=1S/C10H19N3O4S/c1-3-7(6-11)18(16,17)12-8-4-5-9(14)13(2)10(8)15/h7-8,12H,3-6,11H2,1-2H3. The van der Waals surface area contributed by atoms with Crippen LogP contribution in [-0.2, 0) is 19.6 Å². The Morgan fingerprint density at radius 2 is 2.11 bits per heavy atom. The van der Waals surface area contributed by atoms with Gasteiger partial charge in [-0.25, -0.2) is 13.1 Å². The number of carbonyl (C=O) groups excluding carboxylic acids is 2. The number of amides is 2. The highest BCUT2D eigenvalue weighted by atomic mass is 32.2. The maximum Gasteiger partial charge on any atom is 0.247 e. The molecular weight excluding hydrogens is 258 g/mol. The highest BCUT2D eigenvalue weighted by Crippen LogP contribution is 2.14. The van der Waals surface area contributed by atoms with Crippen molar-refractivity contribution in [2.24, 2.45) is 5.73 Å². The number of nitrogens with one attached hydrogen (secondary N) is 1. The highest BCUT2D eigenvalue weighted by molar-refractivity contribution is 7.90. The molecule has 18 heavy (non-hydrogen) atoms. The van der Waals surface area contributed by atoms with Crippen LogP contribution in [-0.4, -0.2) is 50.0 Å². The third-order valence-electron chi connectivity index (χ3n) is 3.11. The molecule has 0 aromatic carbocycles. The van der Waals surface area contributed by atoms with Crippen molar-refractivity contribution in [1.82, 2.24) is 9.62 Å². The topological polar surface area (TPSA) is 110 Å². The summed E-state index contributed by atoms with van der Waals surface area (Å²) in [6.07, 6.45) is 0.735. The van der Waals surface area contributed by atoms with Gasteiger partial charge in [0.1, 0.15) is 6.04 Å². The van der Waals surface area contributed by atoms with Crippen molar-refractivity contribution >= 4 is 21.8 Å². The van der Waals surface area contributed by atoms with Gasteiger partial charge in [0.25, 0.3) is 0 Å². The fourth-order valence-corrected chi connectivity index (χ4v) is 3.33. The summed E-state index contributed by atoms with van der Waals surface area (Å²) in [6, 6.07) is -0.863. The SMILES string of the molecule is CCC(CN)S(=O)(=O)NC1CCC(=O)N(C)C1=O. The molecule has 104 valence electrons. The Hall–Kier alpha value is -0.990. The first-order valence-electron chi connectivity index (χ1n) is 5.85. The zero-order valence-electron chi connectivity index (χ0n) is 10.5. The summed E-state index contributed by atoms with van der Waals surface area (Å²) >= 11 is 0. The first-order valence-corrected chi connectivity index (χ1v) is 7.39. The average Bonchev–Trinajstić information content (AvgIpc) is 2.31. The molecular formula is C10H19N3O4S. The predicted molar refractivity (Wildman–Crippen MR) is 66.0 cm³/mol. The first-order chi connectivity index (χ1) is 8.33. The Labute approximate surface area is 107 Å². The molecule has 1 fully saturated rings. The van der Waals surface area contributed by atoms with E-state index in [2.05, 4.69) is 4.72 Å². The van der Waals surface area contributed by atoms with Gasteiger partial charge in [-0.2, -0.15) is 0 Å². The summed E-state index contributed by atoms with van der Waals surface area (Å²) in [5.41, 5.74) is 5.39. The van der Waals surface area contributed by atoms with E-state index in [1.807, 2.05) is 0 Å². The van der Waals surface area contributed by atoms with E-state index in [1.165, 1.54) is 7.05 Å². The maximum atomic E-state index is 11.9. The van der Waals surface area contributed by atoms with E-state index in [9.17, 15) is 18.0 Å². The molecule has 0 aromatic heterocycles. The third kappa shape index (κ3) is 3.06. The number of piperidine rings is 1. The van der Waals surface area contributed by atoms with E-state index in [-0.39, 0.29) is 25.3 Å². The normalized spacial score (nSPS) is 23.3. The lowest BCUT2D eigenvalue weighted by atomic mass is 10.1. The number of likely N-dealkylation sites (tertiary alicyclic amines) is 1. The van der Waals surface area contributed by atoms with Crippen LogP contribution in [0.2, 0.25) is 0 Å². The lowest BCUT2D eigenvalue weighted by molar-refractivity contribution is -0.147. The molecule has 0 spiro atoms. The van der Waals surface area contributed by atoms with Gasteiger partial charge < -0.3 is 5.73 Å². The van der Waals surface area contributed by atoms with Crippen LogP contribution in [0, 0.1) is 0 Å². The molecule has 1 aliphatic rings. The molecule has 7 nitrogen and oxygen atoms in total. The summed E-state index contributed by atoms with van der Waals surface area (Å²) in [5, 5.41) is -0.715. The van der Waals surface area contributed by atoms with Crippen LogP contribution in [0.15, 0.2) is 0 Å². The van der Waals surface area contributed by atoms with Crippen LogP contribution in [0.25, 0.3) is 0 Å². The second-order valence-electron chi connectivity index (χ2n) is 4.31. The van der Waals surface area contributed by atoms with E-state index >= 15 is 0 Å². The molecule has 0 bridgehead atoms. The molecule has 1 saturated heterocycles. The summed E-state index contributed by atoms with van der Waals surface area (Å²) < 4.78 is 26.2. The number of nitrogens with two attached hydrogens (primary N) is 1. The van der Waals surface area contributed by atoms with Crippen molar-refractivity contribution in [3.8, 4) is 0 Å². The van der Waals surface area contributed by atoms with Crippen molar-refractivity contribution in [3.05, 3.63) is 0 Å². The summed E-state index contributed by atoms with van der Waals surface area (Å²) in [5.74, 6) is -0.803. The van der Waals surface area contributed by atoms with Crippen LogP contribution in [0.3, 0.4) is 0 Å². The van der Waals surface area contributed by atoms with Crippen LogP contribution in [0.1, 0.15) is 26.2 Å². The van der Waals surface area contributed by atoms with Crippen LogP contribution in [0.4, 0.5) is 0 Å². The Balaban J connectivity index is 2.79. The zero-order chi connectivity index (χ0) is 13.9. The Kier molecular flexibility index (Phi) is 4.83. The molecule has 0 aliphatic carbocycles. The fourth-order valence-electron chi connectivity index (χ4n) is 1.83. The smallest absolute Gasteiger partial charge is 0.247 e. The van der Waals surface area contributed by atoms with E-state index in [0.29, 0.717) is 6.42 Å². The molecule has 0 aromatic rings. The van der Waals surface area contributed by atoms with Crippen molar-refractivity contribution in [3.63, 3.8) is 0 Å². The minimum atomic E-state index is -3.63. The number of hydrogen-bond donors (Lipinski definition) is 2. The van der Waals surface area contributed by atoms with Crippen molar-refractivity contribution in [2.45, 2.75) is 37.5 Å². The van der Waals surface area contributed by atoms with Crippen molar-refractivity contribution in [2.75, 3.05) is 13.6 Å². The molecule has 2 atom stereocenters. The fraction of sp³-hybridized carbons (Fsp3) is 0.800. The maximum absolute atomic E-state index is 11.9. The second-order valence-corrected chi connectivity index (χ2v) is 6.30. The summed E-state index contributed by atoms with van der Waals surface area (Å²) in [4.78, 5) is 24.0. The van der Waals surface area contributed by atoms with E-state index in [0.717, 1.165) is 4.90 Å². The Morgan fingerprint density at radius 3 is 2.61 bits per heavy atom. The third-order valence-corrected chi connectivity index (χ3v) is 5.13. The lowest BCUT2D eigenvalue weighted by Gasteiger charge is -2.29. The van der Waals surface area contributed by atoms with Gasteiger partial charge in [-0.3, -0.25) is 14.5 Å². The van der Waals surface area contributed by atoms with Gasteiger partial charge >= 0.3 is 0 Å². The molecule has 8 heteroatoms. The number of carbonyl (C=O) groups is 2. The average molecular weight is 277 g/mol. The van der Waals surface area contributed by atoms with Gasteiger partial charge in [-0.15, -0.1) is 0 Å². The number of likely N-dealkylation sites (N-methyl/N-ethyl adjacent to an activating group) is 1. The molecule has 0 radical (unpaired) electrons.